The van der Waals surface area contributed by atoms with E-state index in [4.69, 9.17) is 10.5 Å². The molecule has 7 heteroatoms. The second-order valence-corrected chi connectivity index (χ2v) is 6.74. The zero-order valence-electron chi connectivity index (χ0n) is 11.5. The summed E-state index contributed by atoms with van der Waals surface area (Å²) in [5.74, 6) is 1.61. The van der Waals surface area contributed by atoms with Crippen molar-refractivity contribution in [2.75, 3.05) is 12.3 Å². The number of anilines is 1. The number of halogens is 1. The minimum absolute atomic E-state index is 0.0184. The van der Waals surface area contributed by atoms with Gasteiger partial charge in [-0.25, -0.2) is 9.97 Å². The summed E-state index contributed by atoms with van der Waals surface area (Å²) in [5.41, 5.74) is 6.16. The monoisotopic (exact) mass is 352 g/mol. The van der Waals surface area contributed by atoms with Gasteiger partial charge in [0.2, 0.25) is 0 Å². The van der Waals surface area contributed by atoms with Crippen LogP contribution in [0.25, 0.3) is 5.52 Å². The van der Waals surface area contributed by atoms with Crippen molar-refractivity contribution in [2.24, 2.45) is 0 Å². The molecule has 0 spiro atoms. The Bertz CT molecular complexity index is 690. The van der Waals surface area contributed by atoms with Crippen molar-refractivity contribution in [3.63, 3.8) is 0 Å². The Morgan fingerprint density at radius 2 is 2.24 bits per heavy atom. The largest absolute Gasteiger partial charge is 0.387 e. The molecule has 0 aromatic carbocycles. The number of rotatable bonds is 2. The van der Waals surface area contributed by atoms with Gasteiger partial charge in [-0.2, -0.15) is 0 Å². The van der Waals surface area contributed by atoms with Crippen LogP contribution in [0.15, 0.2) is 17.0 Å². The number of nitrogens with two attached hydrogens (primary N) is 1. The maximum atomic E-state index is 10.1. The first-order chi connectivity index (χ1) is 10.1. The lowest BCUT2D eigenvalue weighted by atomic mass is 9.94. The van der Waals surface area contributed by atoms with Gasteiger partial charge in [-0.05, 0) is 41.6 Å². The molecule has 2 fully saturated rings. The molecule has 2 unspecified atom stereocenters. The summed E-state index contributed by atoms with van der Waals surface area (Å²) in [6.45, 7) is 0.584. The van der Waals surface area contributed by atoms with Crippen molar-refractivity contribution in [1.82, 2.24) is 14.4 Å². The van der Waals surface area contributed by atoms with E-state index in [9.17, 15) is 5.11 Å². The summed E-state index contributed by atoms with van der Waals surface area (Å²) in [4.78, 5) is 8.70. The van der Waals surface area contributed by atoms with Gasteiger partial charge in [0, 0.05) is 18.3 Å². The van der Waals surface area contributed by atoms with Crippen LogP contribution in [-0.2, 0) is 4.74 Å². The Balaban J connectivity index is 1.62. The lowest BCUT2D eigenvalue weighted by Gasteiger charge is -2.31. The van der Waals surface area contributed by atoms with Crippen molar-refractivity contribution in [3.05, 3.63) is 22.8 Å². The smallest absolute Gasteiger partial charge is 0.150 e. The molecule has 1 saturated heterocycles. The number of aromatic nitrogens is 3. The summed E-state index contributed by atoms with van der Waals surface area (Å²) < 4.78 is 8.59. The number of fused-ring (bicyclic) bond motifs is 1. The van der Waals surface area contributed by atoms with E-state index in [1.54, 1.807) is 6.20 Å². The summed E-state index contributed by atoms with van der Waals surface area (Å²) >= 11 is 3.46. The molecule has 1 saturated carbocycles. The zero-order valence-corrected chi connectivity index (χ0v) is 13.1. The average Bonchev–Trinajstić information content (AvgIpc) is 3.14. The first kappa shape index (κ1) is 13.5. The molecule has 4 rings (SSSR count). The fourth-order valence-corrected chi connectivity index (χ4v) is 3.74. The van der Waals surface area contributed by atoms with Crippen LogP contribution in [0.5, 0.6) is 0 Å². The summed E-state index contributed by atoms with van der Waals surface area (Å²) in [5, 5.41) is 10.1. The Labute approximate surface area is 130 Å². The van der Waals surface area contributed by atoms with E-state index in [1.807, 2.05) is 10.6 Å². The van der Waals surface area contributed by atoms with Gasteiger partial charge in [-0.3, -0.25) is 4.40 Å². The Kier molecular flexibility index (Phi) is 2.99. The minimum atomic E-state index is -0.561. The molecule has 2 aromatic rings. The Hall–Kier alpha value is -1.18. The van der Waals surface area contributed by atoms with Crippen LogP contribution in [-0.4, -0.2) is 37.8 Å². The molecule has 1 aliphatic carbocycles. The second kappa shape index (κ2) is 4.66. The molecule has 2 atom stereocenters. The number of aliphatic hydroxyl groups is 1. The van der Waals surface area contributed by atoms with Gasteiger partial charge in [-0.1, -0.05) is 0 Å². The van der Waals surface area contributed by atoms with Crippen LogP contribution < -0.4 is 5.73 Å². The first-order valence-electron chi connectivity index (χ1n) is 7.20. The van der Waals surface area contributed by atoms with E-state index < -0.39 is 5.60 Å². The van der Waals surface area contributed by atoms with Crippen LogP contribution in [0.4, 0.5) is 5.82 Å². The number of ether oxygens (including phenoxy) is 1. The minimum Gasteiger partial charge on any atom is -0.387 e. The predicted octanol–water partition coefficient (Wildman–Crippen LogP) is 1.86. The van der Waals surface area contributed by atoms with E-state index in [-0.39, 0.29) is 12.0 Å². The Morgan fingerprint density at radius 1 is 1.43 bits per heavy atom. The highest BCUT2D eigenvalue weighted by Gasteiger charge is 2.49. The number of nitrogens with zero attached hydrogens (tertiary/aromatic N) is 3. The van der Waals surface area contributed by atoms with Crippen molar-refractivity contribution >= 4 is 27.3 Å². The van der Waals surface area contributed by atoms with Gasteiger partial charge < -0.3 is 15.6 Å². The van der Waals surface area contributed by atoms with E-state index in [1.165, 1.54) is 0 Å². The van der Waals surface area contributed by atoms with Crippen molar-refractivity contribution in [1.29, 1.82) is 0 Å². The van der Waals surface area contributed by atoms with E-state index in [0.717, 1.165) is 37.0 Å². The third-order valence-corrected chi connectivity index (χ3v) is 5.12. The molecule has 3 heterocycles. The summed E-state index contributed by atoms with van der Waals surface area (Å²) in [6.07, 6.45) is 7.09. The summed E-state index contributed by atoms with van der Waals surface area (Å²) in [7, 11) is 0. The lowest BCUT2D eigenvalue weighted by molar-refractivity contribution is -0.0829. The Morgan fingerprint density at radius 3 is 2.90 bits per heavy atom. The molecule has 112 valence electrons. The first-order valence-corrected chi connectivity index (χ1v) is 8.00. The predicted molar refractivity (Wildman–Crippen MR) is 81.0 cm³/mol. The lowest BCUT2D eigenvalue weighted by Crippen LogP contribution is -2.36. The van der Waals surface area contributed by atoms with E-state index in [0.29, 0.717) is 17.0 Å². The zero-order chi connectivity index (χ0) is 14.6. The van der Waals surface area contributed by atoms with Crippen LogP contribution in [0, 0.1) is 0 Å². The normalized spacial score (nSPS) is 27.9. The van der Waals surface area contributed by atoms with Crippen LogP contribution in [0.2, 0.25) is 0 Å². The standard InChI is InChI=1S/C14H17BrN4O2/c15-11-10-12(16)17-5-6-19(10)13(18-11)8-1-2-9(21-7-8)14(20)3-4-14/h5-6,8-9,20H,1-4,7H2,(H2,16,17). The third kappa shape index (κ3) is 2.15. The van der Waals surface area contributed by atoms with Crippen LogP contribution in [0.1, 0.15) is 37.4 Å². The van der Waals surface area contributed by atoms with Crippen LogP contribution in [0.3, 0.4) is 0 Å². The fourth-order valence-electron chi connectivity index (χ4n) is 3.16. The fraction of sp³-hybridized carbons (Fsp3) is 0.571. The molecule has 2 aliphatic rings. The van der Waals surface area contributed by atoms with Crippen molar-refractivity contribution in [2.45, 2.75) is 43.3 Å². The molecule has 2 aromatic heterocycles. The SMILES string of the molecule is Nc1nccn2c(C3CCC(C4(O)CC4)OC3)nc(Br)c12. The van der Waals surface area contributed by atoms with Crippen LogP contribution >= 0.6 is 15.9 Å². The van der Waals surface area contributed by atoms with Gasteiger partial charge in [0.15, 0.2) is 5.82 Å². The van der Waals surface area contributed by atoms with E-state index in [2.05, 4.69) is 25.9 Å². The molecular formula is C14H17BrN4O2. The quantitative estimate of drug-likeness (QED) is 0.861. The van der Waals surface area contributed by atoms with Gasteiger partial charge >= 0.3 is 0 Å². The van der Waals surface area contributed by atoms with E-state index >= 15 is 0 Å². The summed E-state index contributed by atoms with van der Waals surface area (Å²) in [6, 6.07) is 0. The molecule has 1 aliphatic heterocycles. The molecule has 0 bridgehead atoms. The average molecular weight is 353 g/mol. The maximum Gasteiger partial charge on any atom is 0.150 e. The van der Waals surface area contributed by atoms with Gasteiger partial charge in [0.1, 0.15) is 15.9 Å². The number of imidazole rings is 1. The maximum absolute atomic E-state index is 10.1. The molecule has 6 nitrogen and oxygen atoms in total. The highest BCUT2D eigenvalue weighted by Crippen LogP contribution is 2.44. The number of hydrogen-bond donors (Lipinski definition) is 2. The van der Waals surface area contributed by atoms with Gasteiger partial charge in [-0.15, -0.1) is 0 Å². The number of hydrogen-bond acceptors (Lipinski definition) is 5. The molecule has 21 heavy (non-hydrogen) atoms. The molecular weight excluding hydrogens is 336 g/mol. The van der Waals surface area contributed by atoms with Crippen molar-refractivity contribution in [3.8, 4) is 0 Å². The molecule has 0 radical (unpaired) electrons. The topological polar surface area (TPSA) is 85.7 Å². The highest BCUT2D eigenvalue weighted by molar-refractivity contribution is 9.10. The molecule has 3 N–H and O–H groups in total. The third-order valence-electron chi connectivity index (χ3n) is 4.57. The second-order valence-electron chi connectivity index (χ2n) is 5.99. The van der Waals surface area contributed by atoms with Gasteiger partial charge in [0.05, 0.1) is 18.3 Å². The highest BCUT2D eigenvalue weighted by atomic mass is 79.9. The molecule has 0 amide bonds. The van der Waals surface area contributed by atoms with Crippen molar-refractivity contribution < 1.29 is 9.84 Å². The number of nitrogen functional groups attached to an aromatic ring is 1. The van der Waals surface area contributed by atoms with Gasteiger partial charge in [0.25, 0.3) is 0 Å².